The van der Waals surface area contributed by atoms with Gasteiger partial charge in [-0.15, -0.1) is 11.3 Å². The Morgan fingerprint density at radius 1 is 1.57 bits per heavy atom. The van der Waals surface area contributed by atoms with E-state index in [0.29, 0.717) is 6.04 Å². The van der Waals surface area contributed by atoms with E-state index >= 15 is 0 Å². The first-order chi connectivity index (χ1) is 6.77. The maximum atomic E-state index is 5.87. The van der Waals surface area contributed by atoms with Crippen molar-refractivity contribution in [1.82, 2.24) is 15.2 Å². The second-order valence-electron chi connectivity index (χ2n) is 3.46. The van der Waals surface area contributed by atoms with Crippen LogP contribution in [0.4, 0.5) is 0 Å². The summed E-state index contributed by atoms with van der Waals surface area (Å²) < 4.78 is 0.780. The van der Waals surface area contributed by atoms with Crippen molar-refractivity contribution < 1.29 is 0 Å². The van der Waals surface area contributed by atoms with E-state index < -0.39 is 0 Å². The molecule has 1 aliphatic heterocycles. The van der Waals surface area contributed by atoms with Gasteiger partial charge in [-0.2, -0.15) is 0 Å². The van der Waals surface area contributed by atoms with E-state index in [2.05, 4.69) is 22.1 Å². The minimum atomic E-state index is 0.398. The lowest BCUT2D eigenvalue weighted by Gasteiger charge is -2.31. The van der Waals surface area contributed by atoms with Gasteiger partial charge in [-0.25, -0.2) is 4.98 Å². The highest BCUT2D eigenvalue weighted by Crippen LogP contribution is 2.27. The molecule has 0 bridgehead atoms. The van der Waals surface area contributed by atoms with Crippen LogP contribution < -0.4 is 5.32 Å². The predicted molar refractivity (Wildman–Crippen MR) is 60.0 cm³/mol. The molecule has 1 aliphatic rings. The summed E-state index contributed by atoms with van der Waals surface area (Å²) in [4.78, 5) is 6.75. The SMILES string of the molecule is CC(c1ncc(Cl)s1)N1CCNCC1. The molecule has 1 unspecified atom stereocenters. The molecular weight excluding hydrogens is 218 g/mol. The molecule has 1 atom stereocenters. The first kappa shape index (κ1) is 10.4. The average molecular weight is 232 g/mol. The summed E-state index contributed by atoms with van der Waals surface area (Å²) in [7, 11) is 0. The summed E-state index contributed by atoms with van der Waals surface area (Å²) in [6.07, 6.45) is 1.74. The normalized spacial score (nSPS) is 21.0. The van der Waals surface area contributed by atoms with Crippen molar-refractivity contribution in [2.45, 2.75) is 13.0 Å². The van der Waals surface area contributed by atoms with Crippen molar-refractivity contribution in [2.75, 3.05) is 26.2 Å². The van der Waals surface area contributed by atoms with E-state index in [9.17, 15) is 0 Å². The second-order valence-corrected chi connectivity index (χ2v) is 5.16. The smallest absolute Gasteiger partial charge is 0.113 e. The van der Waals surface area contributed by atoms with Crippen LogP contribution in [0.15, 0.2) is 6.20 Å². The number of piperazine rings is 1. The summed E-state index contributed by atoms with van der Waals surface area (Å²) in [5.74, 6) is 0. The topological polar surface area (TPSA) is 28.2 Å². The number of nitrogens with zero attached hydrogens (tertiary/aromatic N) is 2. The first-order valence-electron chi connectivity index (χ1n) is 4.83. The Kier molecular flexibility index (Phi) is 3.38. The van der Waals surface area contributed by atoms with Gasteiger partial charge in [0, 0.05) is 26.2 Å². The molecule has 0 aromatic carbocycles. The van der Waals surface area contributed by atoms with Gasteiger partial charge in [0.05, 0.1) is 12.2 Å². The van der Waals surface area contributed by atoms with Crippen LogP contribution >= 0.6 is 22.9 Å². The van der Waals surface area contributed by atoms with Crippen molar-refractivity contribution in [1.29, 1.82) is 0 Å². The maximum Gasteiger partial charge on any atom is 0.113 e. The molecule has 2 heterocycles. The summed E-state index contributed by atoms with van der Waals surface area (Å²) >= 11 is 7.45. The Morgan fingerprint density at radius 2 is 2.29 bits per heavy atom. The van der Waals surface area contributed by atoms with Crippen LogP contribution in [0.25, 0.3) is 0 Å². The molecule has 0 saturated carbocycles. The Hall–Kier alpha value is -0.160. The van der Waals surface area contributed by atoms with Crippen LogP contribution in [-0.2, 0) is 0 Å². The van der Waals surface area contributed by atoms with Gasteiger partial charge in [-0.1, -0.05) is 11.6 Å². The number of nitrogens with one attached hydrogen (secondary N) is 1. The zero-order chi connectivity index (χ0) is 9.97. The minimum Gasteiger partial charge on any atom is -0.314 e. The summed E-state index contributed by atoms with van der Waals surface area (Å²) in [6.45, 7) is 6.53. The average Bonchev–Trinajstić information content (AvgIpc) is 2.65. The molecule has 2 rings (SSSR count). The molecule has 1 fully saturated rings. The molecule has 0 spiro atoms. The lowest BCUT2D eigenvalue weighted by molar-refractivity contribution is 0.185. The zero-order valence-corrected chi connectivity index (χ0v) is 9.74. The molecule has 0 radical (unpaired) electrons. The number of thiazole rings is 1. The van der Waals surface area contributed by atoms with Crippen molar-refractivity contribution in [3.8, 4) is 0 Å². The van der Waals surface area contributed by atoms with Crippen LogP contribution in [-0.4, -0.2) is 36.1 Å². The fraction of sp³-hybridized carbons (Fsp3) is 0.667. The fourth-order valence-electron chi connectivity index (χ4n) is 1.69. The number of hydrogen-bond acceptors (Lipinski definition) is 4. The quantitative estimate of drug-likeness (QED) is 0.841. The molecule has 3 nitrogen and oxygen atoms in total. The lowest BCUT2D eigenvalue weighted by Crippen LogP contribution is -2.44. The van der Waals surface area contributed by atoms with Gasteiger partial charge < -0.3 is 5.32 Å². The standard InChI is InChI=1S/C9H14ClN3S/c1-7(9-12-6-8(10)14-9)13-4-2-11-3-5-13/h6-7,11H,2-5H2,1H3. The van der Waals surface area contributed by atoms with Gasteiger partial charge >= 0.3 is 0 Å². The summed E-state index contributed by atoms with van der Waals surface area (Å²) in [5.41, 5.74) is 0. The summed E-state index contributed by atoms with van der Waals surface area (Å²) in [5, 5.41) is 4.46. The second kappa shape index (κ2) is 4.57. The Bertz CT molecular complexity index is 296. The van der Waals surface area contributed by atoms with E-state index in [1.807, 2.05) is 0 Å². The van der Waals surface area contributed by atoms with Crippen LogP contribution in [0, 0.1) is 0 Å². The van der Waals surface area contributed by atoms with E-state index in [4.69, 9.17) is 11.6 Å². The molecule has 1 N–H and O–H groups in total. The molecule has 5 heteroatoms. The molecule has 1 saturated heterocycles. The third-order valence-corrected chi connectivity index (χ3v) is 3.84. The van der Waals surface area contributed by atoms with Gasteiger partial charge in [0.25, 0.3) is 0 Å². The maximum absolute atomic E-state index is 5.87. The zero-order valence-electron chi connectivity index (χ0n) is 8.16. The molecule has 0 amide bonds. The highest BCUT2D eigenvalue weighted by atomic mass is 35.5. The predicted octanol–water partition coefficient (Wildman–Crippen LogP) is 1.76. The van der Waals surface area contributed by atoms with E-state index in [1.165, 1.54) is 0 Å². The van der Waals surface area contributed by atoms with Gasteiger partial charge in [0.1, 0.15) is 9.34 Å². The van der Waals surface area contributed by atoms with Crippen molar-refractivity contribution in [3.63, 3.8) is 0 Å². The van der Waals surface area contributed by atoms with Gasteiger partial charge in [0.15, 0.2) is 0 Å². The lowest BCUT2D eigenvalue weighted by atomic mass is 10.2. The molecule has 1 aromatic heterocycles. The van der Waals surface area contributed by atoms with E-state index in [-0.39, 0.29) is 0 Å². The number of halogens is 1. The van der Waals surface area contributed by atoms with Gasteiger partial charge in [-0.05, 0) is 6.92 Å². The molecule has 0 aliphatic carbocycles. The van der Waals surface area contributed by atoms with Gasteiger partial charge in [0.2, 0.25) is 0 Å². The van der Waals surface area contributed by atoms with E-state index in [1.54, 1.807) is 17.5 Å². The highest BCUT2D eigenvalue weighted by molar-refractivity contribution is 7.15. The van der Waals surface area contributed by atoms with Crippen molar-refractivity contribution in [2.24, 2.45) is 0 Å². The third kappa shape index (κ3) is 2.25. The van der Waals surface area contributed by atoms with Crippen LogP contribution in [0.1, 0.15) is 18.0 Å². The Morgan fingerprint density at radius 3 is 2.86 bits per heavy atom. The van der Waals surface area contributed by atoms with Crippen molar-refractivity contribution >= 4 is 22.9 Å². The van der Waals surface area contributed by atoms with Crippen molar-refractivity contribution in [3.05, 3.63) is 15.5 Å². The Labute approximate surface area is 93.1 Å². The number of hydrogen-bond donors (Lipinski definition) is 1. The fourth-order valence-corrected chi connectivity index (χ4v) is 2.70. The van der Waals surface area contributed by atoms with Gasteiger partial charge in [-0.3, -0.25) is 4.90 Å². The van der Waals surface area contributed by atoms with Crippen LogP contribution in [0.5, 0.6) is 0 Å². The minimum absolute atomic E-state index is 0.398. The Balaban J connectivity index is 2.03. The molecule has 14 heavy (non-hydrogen) atoms. The largest absolute Gasteiger partial charge is 0.314 e. The van der Waals surface area contributed by atoms with Crippen LogP contribution in [0.3, 0.4) is 0 Å². The molecule has 1 aromatic rings. The van der Waals surface area contributed by atoms with E-state index in [0.717, 1.165) is 35.5 Å². The number of rotatable bonds is 2. The summed E-state index contributed by atoms with van der Waals surface area (Å²) in [6, 6.07) is 0.398. The monoisotopic (exact) mass is 231 g/mol. The van der Waals surface area contributed by atoms with Crippen LogP contribution in [0.2, 0.25) is 4.34 Å². The highest BCUT2D eigenvalue weighted by Gasteiger charge is 2.20. The molecular formula is C9H14ClN3S. The number of aromatic nitrogens is 1. The third-order valence-electron chi connectivity index (χ3n) is 2.55. The molecule has 78 valence electrons. The first-order valence-corrected chi connectivity index (χ1v) is 6.03.